The van der Waals surface area contributed by atoms with Crippen LogP contribution in [0.2, 0.25) is 0 Å². The molecule has 0 saturated carbocycles. The molecule has 1 aliphatic heterocycles. The van der Waals surface area contributed by atoms with Crippen LogP contribution in [0, 0.1) is 11.2 Å². The van der Waals surface area contributed by atoms with E-state index < -0.39 is 26.7 Å². The summed E-state index contributed by atoms with van der Waals surface area (Å²) in [6.45, 7) is 4.06. The van der Waals surface area contributed by atoms with E-state index in [0.29, 0.717) is 17.7 Å². The molecule has 0 spiro atoms. The van der Waals surface area contributed by atoms with E-state index in [4.69, 9.17) is 0 Å². The van der Waals surface area contributed by atoms with Crippen LogP contribution in [0.4, 0.5) is 15.8 Å². The molecule has 8 heteroatoms. The van der Waals surface area contributed by atoms with E-state index in [2.05, 4.69) is 10.0 Å². The number of halogens is 1. The van der Waals surface area contributed by atoms with Gasteiger partial charge in [-0.3, -0.25) is 4.72 Å². The quantitative estimate of drug-likeness (QED) is 0.501. The molecule has 166 valence electrons. The summed E-state index contributed by atoms with van der Waals surface area (Å²) in [5.41, 5.74) is 2.60. The molecule has 1 atom stereocenters. The topological polar surface area (TPSA) is 95.5 Å². The predicted octanol–water partition coefficient (Wildman–Crippen LogP) is 5.06. The Morgan fingerprint density at radius 1 is 1.09 bits per heavy atom. The van der Waals surface area contributed by atoms with Crippen molar-refractivity contribution < 1.29 is 22.7 Å². The molecule has 3 N–H and O–H groups in total. The van der Waals surface area contributed by atoms with Crippen LogP contribution >= 0.6 is 0 Å². The van der Waals surface area contributed by atoms with Crippen molar-refractivity contribution in [2.45, 2.75) is 31.2 Å². The van der Waals surface area contributed by atoms with Gasteiger partial charge in [-0.2, -0.15) is 0 Å². The SMILES string of the molecule is CC1(C)Cc2cc(C(=O)O)ccc2NC1c1ccccc1NS(=O)(=O)c1ccccc1F. The number of fused-ring (bicyclic) bond motifs is 1. The Bertz CT molecular complexity index is 1300. The molecule has 0 bridgehead atoms. The maximum atomic E-state index is 14.1. The van der Waals surface area contributed by atoms with Crippen molar-refractivity contribution in [2.75, 3.05) is 10.0 Å². The number of anilines is 2. The van der Waals surface area contributed by atoms with Crippen LogP contribution in [0.3, 0.4) is 0 Å². The second-order valence-electron chi connectivity index (χ2n) is 8.54. The summed E-state index contributed by atoms with van der Waals surface area (Å²) in [5.74, 6) is -1.81. The number of nitrogens with one attached hydrogen (secondary N) is 2. The third kappa shape index (κ3) is 4.05. The van der Waals surface area contributed by atoms with Crippen molar-refractivity contribution in [2.24, 2.45) is 5.41 Å². The fraction of sp³-hybridized carbons (Fsp3) is 0.208. The van der Waals surface area contributed by atoms with Gasteiger partial charge in [-0.05, 0) is 59.4 Å². The minimum atomic E-state index is -4.14. The molecule has 32 heavy (non-hydrogen) atoms. The standard InChI is InChI=1S/C24H23FN2O4S/c1-24(2)14-16-13-15(23(28)29)11-12-19(16)26-22(24)17-7-3-5-9-20(17)27-32(30,31)21-10-6-4-8-18(21)25/h3-13,22,26-27H,14H2,1-2H3,(H,28,29). The monoisotopic (exact) mass is 454 g/mol. The van der Waals surface area contributed by atoms with Gasteiger partial charge in [-0.25, -0.2) is 17.6 Å². The second-order valence-corrected chi connectivity index (χ2v) is 10.2. The van der Waals surface area contributed by atoms with Gasteiger partial charge in [0.1, 0.15) is 10.7 Å². The Balaban J connectivity index is 1.72. The van der Waals surface area contributed by atoms with E-state index in [-0.39, 0.29) is 17.0 Å². The van der Waals surface area contributed by atoms with Crippen LogP contribution in [0.25, 0.3) is 0 Å². The van der Waals surface area contributed by atoms with Crippen LogP contribution < -0.4 is 10.0 Å². The number of carboxylic acid groups (broad SMARTS) is 1. The first-order valence-corrected chi connectivity index (χ1v) is 11.6. The van der Waals surface area contributed by atoms with Gasteiger partial charge in [0.15, 0.2) is 0 Å². The molecule has 1 aliphatic rings. The Labute approximate surface area is 186 Å². The van der Waals surface area contributed by atoms with Gasteiger partial charge < -0.3 is 10.4 Å². The van der Waals surface area contributed by atoms with Gasteiger partial charge in [0.2, 0.25) is 0 Å². The van der Waals surface area contributed by atoms with E-state index in [9.17, 15) is 22.7 Å². The number of hydrogen-bond donors (Lipinski definition) is 3. The van der Waals surface area contributed by atoms with Gasteiger partial charge in [0, 0.05) is 5.69 Å². The largest absolute Gasteiger partial charge is 0.478 e. The lowest BCUT2D eigenvalue weighted by atomic mass is 9.72. The molecule has 0 fully saturated rings. The Morgan fingerprint density at radius 3 is 2.50 bits per heavy atom. The molecule has 0 radical (unpaired) electrons. The maximum Gasteiger partial charge on any atom is 0.335 e. The number of hydrogen-bond acceptors (Lipinski definition) is 4. The normalized spacial score (nSPS) is 17.2. The number of aromatic carboxylic acids is 1. The minimum Gasteiger partial charge on any atom is -0.478 e. The molecule has 3 aromatic carbocycles. The van der Waals surface area contributed by atoms with E-state index in [0.717, 1.165) is 17.3 Å². The highest BCUT2D eigenvalue weighted by Gasteiger charge is 2.37. The van der Waals surface area contributed by atoms with Crippen LogP contribution in [-0.4, -0.2) is 19.5 Å². The lowest BCUT2D eigenvalue weighted by Crippen LogP contribution is -2.35. The van der Waals surface area contributed by atoms with E-state index in [1.54, 1.807) is 24.3 Å². The lowest BCUT2D eigenvalue weighted by molar-refractivity contribution is 0.0696. The number of benzene rings is 3. The van der Waals surface area contributed by atoms with Crippen LogP contribution in [0.1, 0.15) is 41.4 Å². The van der Waals surface area contributed by atoms with Gasteiger partial charge in [-0.15, -0.1) is 0 Å². The molecular formula is C24H23FN2O4S. The van der Waals surface area contributed by atoms with Crippen molar-refractivity contribution in [3.8, 4) is 0 Å². The molecule has 0 saturated heterocycles. The Kier molecular flexibility index (Phi) is 5.42. The molecule has 3 aromatic rings. The van der Waals surface area contributed by atoms with Crippen LogP contribution in [0.5, 0.6) is 0 Å². The van der Waals surface area contributed by atoms with Crippen molar-refractivity contribution in [3.05, 3.63) is 89.2 Å². The summed E-state index contributed by atoms with van der Waals surface area (Å²) in [6.07, 6.45) is 0.593. The summed E-state index contributed by atoms with van der Waals surface area (Å²) in [4.78, 5) is 10.9. The molecule has 0 aliphatic carbocycles. The highest BCUT2D eigenvalue weighted by atomic mass is 32.2. The number of sulfonamides is 1. The predicted molar refractivity (Wildman–Crippen MR) is 121 cm³/mol. The highest BCUT2D eigenvalue weighted by molar-refractivity contribution is 7.92. The summed E-state index contributed by atoms with van der Waals surface area (Å²) in [7, 11) is -4.14. The van der Waals surface area contributed by atoms with E-state index in [1.807, 2.05) is 26.0 Å². The first-order chi connectivity index (χ1) is 15.1. The zero-order valence-corrected chi connectivity index (χ0v) is 18.4. The smallest absolute Gasteiger partial charge is 0.335 e. The molecule has 1 heterocycles. The minimum absolute atomic E-state index is 0.220. The first-order valence-electron chi connectivity index (χ1n) is 10.1. The third-order valence-electron chi connectivity index (χ3n) is 5.72. The number of carboxylic acids is 1. The number of rotatable bonds is 5. The molecule has 0 aromatic heterocycles. The zero-order valence-electron chi connectivity index (χ0n) is 17.6. The fourth-order valence-electron chi connectivity index (χ4n) is 4.16. The van der Waals surface area contributed by atoms with Gasteiger partial charge in [-0.1, -0.05) is 44.2 Å². The Hall–Kier alpha value is -3.39. The number of para-hydroxylation sites is 1. The third-order valence-corrected chi connectivity index (χ3v) is 7.12. The zero-order chi connectivity index (χ0) is 23.1. The van der Waals surface area contributed by atoms with E-state index in [1.165, 1.54) is 24.3 Å². The van der Waals surface area contributed by atoms with Crippen molar-refractivity contribution in [3.63, 3.8) is 0 Å². The molecule has 1 unspecified atom stereocenters. The molecule has 4 rings (SSSR count). The van der Waals surface area contributed by atoms with E-state index >= 15 is 0 Å². The summed E-state index contributed by atoms with van der Waals surface area (Å²) >= 11 is 0. The van der Waals surface area contributed by atoms with Crippen LogP contribution in [0.15, 0.2) is 71.6 Å². The van der Waals surface area contributed by atoms with Gasteiger partial charge in [0.25, 0.3) is 10.0 Å². The van der Waals surface area contributed by atoms with Gasteiger partial charge >= 0.3 is 5.97 Å². The van der Waals surface area contributed by atoms with Crippen molar-refractivity contribution >= 4 is 27.4 Å². The summed E-state index contributed by atoms with van der Waals surface area (Å²) in [5, 5.41) is 12.7. The average Bonchev–Trinajstić information content (AvgIpc) is 2.72. The average molecular weight is 455 g/mol. The van der Waals surface area contributed by atoms with Crippen molar-refractivity contribution in [1.29, 1.82) is 0 Å². The Morgan fingerprint density at radius 2 is 1.78 bits per heavy atom. The number of carbonyl (C=O) groups is 1. The molecule has 6 nitrogen and oxygen atoms in total. The maximum absolute atomic E-state index is 14.1. The highest BCUT2D eigenvalue weighted by Crippen LogP contribution is 2.47. The van der Waals surface area contributed by atoms with Crippen LogP contribution in [-0.2, 0) is 16.4 Å². The van der Waals surface area contributed by atoms with Gasteiger partial charge in [0.05, 0.1) is 17.3 Å². The summed E-state index contributed by atoms with van der Waals surface area (Å²) < 4.78 is 42.5. The molecular weight excluding hydrogens is 431 g/mol. The lowest BCUT2D eigenvalue weighted by Gasteiger charge is -2.42. The second kappa shape index (κ2) is 7.94. The van der Waals surface area contributed by atoms with Crippen molar-refractivity contribution in [1.82, 2.24) is 0 Å². The fourth-order valence-corrected chi connectivity index (χ4v) is 5.33. The summed E-state index contributed by atoms with van der Waals surface area (Å²) in [6, 6.07) is 16.9. The molecule has 0 amide bonds. The first kappa shape index (κ1) is 21.8.